The summed E-state index contributed by atoms with van der Waals surface area (Å²) in [4.78, 5) is 0. The first kappa shape index (κ1) is 9.24. The van der Waals surface area contributed by atoms with Crippen LogP contribution in [0.4, 0.5) is 0 Å². The zero-order valence-electron chi connectivity index (χ0n) is 9.38. The van der Waals surface area contributed by atoms with E-state index in [1.165, 1.54) is 11.8 Å². The average molecular weight is 192 g/mol. The van der Waals surface area contributed by atoms with Gasteiger partial charge in [-0.05, 0) is 49.4 Å². The van der Waals surface area contributed by atoms with Crippen molar-refractivity contribution in [3.05, 3.63) is 0 Å². The van der Waals surface area contributed by atoms with Crippen LogP contribution in [0, 0.1) is 23.7 Å². The summed E-state index contributed by atoms with van der Waals surface area (Å²) in [6.45, 7) is 0. The van der Waals surface area contributed by atoms with E-state index in [1.54, 1.807) is 64.2 Å². The van der Waals surface area contributed by atoms with E-state index < -0.39 is 0 Å². The maximum atomic E-state index is 1.59. The maximum absolute atomic E-state index is 1.59. The Labute approximate surface area is 88.5 Å². The molecule has 3 rings (SSSR count). The van der Waals surface area contributed by atoms with Gasteiger partial charge in [0.2, 0.25) is 0 Å². The Kier molecular flexibility index (Phi) is 2.55. The van der Waals surface area contributed by atoms with Gasteiger partial charge in [0.1, 0.15) is 0 Å². The lowest BCUT2D eigenvalue weighted by atomic mass is 9.58. The minimum atomic E-state index is 1.16. The molecular weight excluding hydrogens is 168 g/mol. The molecule has 3 saturated carbocycles. The molecule has 3 aliphatic rings. The van der Waals surface area contributed by atoms with E-state index in [0.717, 1.165) is 11.8 Å². The lowest BCUT2D eigenvalue weighted by Crippen LogP contribution is -2.38. The molecule has 3 fully saturated rings. The third-order valence-electron chi connectivity index (χ3n) is 5.39. The summed E-state index contributed by atoms with van der Waals surface area (Å²) in [5.41, 5.74) is 0. The van der Waals surface area contributed by atoms with Gasteiger partial charge in [0.25, 0.3) is 0 Å². The fraction of sp³-hybridized carbons (Fsp3) is 1.00. The summed E-state index contributed by atoms with van der Waals surface area (Å²) < 4.78 is 0. The molecule has 80 valence electrons. The van der Waals surface area contributed by atoms with Crippen LogP contribution in [0.5, 0.6) is 0 Å². The SMILES string of the molecule is C1CC[C@H]2[C@H](C1)CC[C@@H]1CCCC[C@@H]12. The van der Waals surface area contributed by atoms with Gasteiger partial charge in [-0.25, -0.2) is 0 Å². The van der Waals surface area contributed by atoms with Crippen molar-refractivity contribution in [3.63, 3.8) is 0 Å². The molecule has 0 aromatic rings. The van der Waals surface area contributed by atoms with E-state index in [9.17, 15) is 0 Å². The van der Waals surface area contributed by atoms with Gasteiger partial charge in [-0.2, -0.15) is 0 Å². The number of rotatable bonds is 0. The first-order valence-electron chi connectivity index (χ1n) is 6.95. The summed E-state index contributed by atoms with van der Waals surface area (Å²) in [7, 11) is 0. The lowest BCUT2D eigenvalue weighted by Gasteiger charge is -2.48. The quantitative estimate of drug-likeness (QED) is 0.534. The molecule has 0 aromatic carbocycles. The second-order valence-electron chi connectivity index (χ2n) is 5.99. The van der Waals surface area contributed by atoms with Crippen LogP contribution in [0.15, 0.2) is 0 Å². The van der Waals surface area contributed by atoms with Crippen LogP contribution in [0.3, 0.4) is 0 Å². The predicted octanol–water partition coefficient (Wildman–Crippen LogP) is 4.39. The Balaban J connectivity index is 1.74. The van der Waals surface area contributed by atoms with Crippen molar-refractivity contribution in [1.82, 2.24) is 0 Å². The van der Waals surface area contributed by atoms with Crippen molar-refractivity contribution >= 4 is 0 Å². The molecule has 4 atom stereocenters. The van der Waals surface area contributed by atoms with Crippen LogP contribution in [-0.4, -0.2) is 0 Å². The molecule has 0 radical (unpaired) electrons. The molecule has 0 nitrogen and oxygen atoms in total. The zero-order valence-corrected chi connectivity index (χ0v) is 9.38. The minimum Gasteiger partial charge on any atom is -0.0530 e. The standard InChI is InChI=1S/C14H24/c1-3-7-13-11(5-1)9-10-12-6-2-4-8-14(12)13/h11-14H,1-10H2/t11-,12+,13-,14-/m0/s1. The van der Waals surface area contributed by atoms with Gasteiger partial charge < -0.3 is 0 Å². The maximum Gasteiger partial charge on any atom is -0.0355 e. The molecule has 0 heteroatoms. The Hall–Kier alpha value is 0. The molecule has 0 spiro atoms. The fourth-order valence-electron chi connectivity index (χ4n) is 4.74. The molecule has 14 heavy (non-hydrogen) atoms. The summed E-state index contributed by atoms with van der Waals surface area (Å²) in [6, 6.07) is 0. The van der Waals surface area contributed by atoms with Gasteiger partial charge in [0, 0.05) is 0 Å². The molecule has 3 aliphatic carbocycles. The van der Waals surface area contributed by atoms with Crippen molar-refractivity contribution in [2.24, 2.45) is 23.7 Å². The number of hydrogen-bond acceptors (Lipinski definition) is 0. The molecule has 0 amide bonds. The van der Waals surface area contributed by atoms with E-state index in [-0.39, 0.29) is 0 Å². The molecular formula is C14H24. The van der Waals surface area contributed by atoms with Crippen LogP contribution >= 0.6 is 0 Å². The zero-order chi connectivity index (χ0) is 9.38. The van der Waals surface area contributed by atoms with Crippen molar-refractivity contribution in [2.45, 2.75) is 64.2 Å². The van der Waals surface area contributed by atoms with Gasteiger partial charge in [-0.1, -0.05) is 38.5 Å². The number of fused-ring (bicyclic) bond motifs is 3. The highest BCUT2D eigenvalue weighted by Crippen LogP contribution is 2.51. The largest absolute Gasteiger partial charge is 0.0530 e. The minimum absolute atomic E-state index is 1.16. The normalized spacial score (nSPS) is 48.0. The summed E-state index contributed by atoms with van der Waals surface area (Å²) in [6.07, 6.45) is 15.7. The molecule has 0 bridgehead atoms. The first-order valence-corrected chi connectivity index (χ1v) is 6.95. The van der Waals surface area contributed by atoms with E-state index in [0.29, 0.717) is 0 Å². The Morgan fingerprint density at radius 2 is 0.857 bits per heavy atom. The molecule has 0 heterocycles. The first-order chi connectivity index (χ1) is 6.95. The average Bonchev–Trinajstić information content (AvgIpc) is 2.29. The van der Waals surface area contributed by atoms with Crippen molar-refractivity contribution < 1.29 is 0 Å². The summed E-state index contributed by atoms with van der Waals surface area (Å²) >= 11 is 0. The molecule has 0 N–H and O–H groups in total. The van der Waals surface area contributed by atoms with Gasteiger partial charge in [-0.15, -0.1) is 0 Å². The van der Waals surface area contributed by atoms with Gasteiger partial charge in [0.05, 0.1) is 0 Å². The second-order valence-corrected chi connectivity index (χ2v) is 5.99. The third-order valence-corrected chi connectivity index (χ3v) is 5.39. The fourth-order valence-corrected chi connectivity index (χ4v) is 4.74. The Morgan fingerprint density at radius 3 is 1.36 bits per heavy atom. The van der Waals surface area contributed by atoms with E-state index in [2.05, 4.69) is 0 Å². The van der Waals surface area contributed by atoms with E-state index in [4.69, 9.17) is 0 Å². The van der Waals surface area contributed by atoms with E-state index in [1.807, 2.05) is 0 Å². The second kappa shape index (κ2) is 3.87. The predicted molar refractivity (Wildman–Crippen MR) is 60.1 cm³/mol. The smallest absolute Gasteiger partial charge is 0.0355 e. The monoisotopic (exact) mass is 192 g/mol. The van der Waals surface area contributed by atoms with Gasteiger partial charge in [-0.3, -0.25) is 0 Å². The van der Waals surface area contributed by atoms with Gasteiger partial charge >= 0.3 is 0 Å². The molecule has 0 aliphatic heterocycles. The van der Waals surface area contributed by atoms with Crippen LogP contribution in [-0.2, 0) is 0 Å². The van der Waals surface area contributed by atoms with Crippen molar-refractivity contribution in [3.8, 4) is 0 Å². The molecule has 0 aromatic heterocycles. The van der Waals surface area contributed by atoms with Crippen molar-refractivity contribution in [2.75, 3.05) is 0 Å². The van der Waals surface area contributed by atoms with Crippen LogP contribution in [0.2, 0.25) is 0 Å². The highest BCUT2D eigenvalue weighted by atomic mass is 14.5. The topological polar surface area (TPSA) is 0 Å². The van der Waals surface area contributed by atoms with Crippen LogP contribution < -0.4 is 0 Å². The highest BCUT2D eigenvalue weighted by molar-refractivity contribution is 4.91. The van der Waals surface area contributed by atoms with E-state index >= 15 is 0 Å². The van der Waals surface area contributed by atoms with Crippen molar-refractivity contribution in [1.29, 1.82) is 0 Å². The molecule has 0 saturated heterocycles. The highest BCUT2D eigenvalue weighted by Gasteiger charge is 2.40. The third kappa shape index (κ3) is 1.51. The van der Waals surface area contributed by atoms with Gasteiger partial charge in [0.15, 0.2) is 0 Å². The number of hydrogen-bond donors (Lipinski definition) is 0. The van der Waals surface area contributed by atoms with Crippen LogP contribution in [0.1, 0.15) is 64.2 Å². The Bertz CT molecular complexity index is 174. The molecule has 0 unspecified atom stereocenters. The summed E-state index contributed by atoms with van der Waals surface area (Å²) in [5.74, 6) is 4.65. The Morgan fingerprint density at radius 1 is 0.429 bits per heavy atom. The lowest BCUT2D eigenvalue weighted by molar-refractivity contribution is 0.0278. The van der Waals surface area contributed by atoms with Crippen LogP contribution in [0.25, 0.3) is 0 Å². The summed E-state index contributed by atoms with van der Waals surface area (Å²) in [5, 5.41) is 0.